The maximum atomic E-state index is 10.6. The maximum absolute atomic E-state index is 10.6. The number of aromatic nitrogens is 3. The van der Waals surface area contributed by atoms with Crippen LogP contribution in [0.1, 0.15) is 18.7 Å². The van der Waals surface area contributed by atoms with Crippen LogP contribution in [0.4, 0.5) is 11.5 Å². The number of hydrogen-bond donors (Lipinski definition) is 4. The van der Waals surface area contributed by atoms with Crippen molar-refractivity contribution in [2.24, 2.45) is 0 Å². The van der Waals surface area contributed by atoms with Gasteiger partial charge in [-0.1, -0.05) is 49.4 Å². The number of rotatable bonds is 6. The van der Waals surface area contributed by atoms with Crippen molar-refractivity contribution in [1.29, 1.82) is 0 Å². The zero-order valence-corrected chi connectivity index (χ0v) is 18.2. The van der Waals surface area contributed by atoms with E-state index in [0.29, 0.717) is 11.5 Å². The molecule has 8 heteroatoms. The van der Waals surface area contributed by atoms with Crippen molar-refractivity contribution in [2.45, 2.75) is 37.9 Å². The van der Waals surface area contributed by atoms with Gasteiger partial charge in [0.05, 0.1) is 12.0 Å². The quantitative estimate of drug-likeness (QED) is 0.360. The van der Waals surface area contributed by atoms with Crippen molar-refractivity contribution < 1.29 is 20.1 Å². The summed E-state index contributed by atoms with van der Waals surface area (Å²) < 4.78 is 7.50. The Labute approximate surface area is 191 Å². The number of nitrogens with one attached hydrogen (secondary N) is 1. The van der Waals surface area contributed by atoms with Crippen molar-refractivity contribution in [3.63, 3.8) is 0 Å². The highest BCUT2D eigenvalue weighted by Crippen LogP contribution is 2.39. The highest BCUT2D eigenvalue weighted by atomic mass is 16.6. The van der Waals surface area contributed by atoms with Gasteiger partial charge in [0.1, 0.15) is 36.1 Å². The van der Waals surface area contributed by atoms with Crippen molar-refractivity contribution in [3.05, 3.63) is 72.7 Å². The molecule has 0 spiro atoms. The lowest BCUT2D eigenvalue weighted by Gasteiger charge is -2.17. The molecule has 0 unspecified atom stereocenters. The average Bonchev–Trinajstić information content (AvgIpc) is 3.38. The number of aliphatic hydroxyl groups excluding tert-OH is 3. The molecule has 0 saturated carbocycles. The lowest BCUT2D eigenvalue weighted by molar-refractivity contribution is -0.0508. The first-order valence-electron chi connectivity index (χ1n) is 11.0. The molecule has 1 aliphatic heterocycles. The number of ether oxygens (including phenoxy) is 1. The van der Waals surface area contributed by atoms with E-state index in [1.807, 2.05) is 48.7 Å². The van der Waals surface area contributed by atoms with Gasteiger partial charge in [0.25, 0.3) is 0 Å². The predicted molar refractivity (Wildman–Crippen MR) is 125 cm³/mol. The third-order valence-corrected chi connectivity index (χ3v) is 6.11. The van der Waals surface area contributed by atoms with Crippen LogP contribution in [0.2, 0.25) is 0 Å². The van der Waals surface area contributed by atoms with E-state index in [2.05, 4.69) is 34.3 Å². The van der Waals surface area contributed by atoms with Crippen molar-refractivity contribution in [3.8, 4) is 11.1 Å². The lowest BCUT2D eigenvalue weighted by Crippen LogP contribution is -2.33. The molecule has 33 heavy (non-hydrogen) atoms. The number of anilines is 2. The second-order valence-electron chi connectivity index (χ2n) is 8.14. The summed E-state index contributed by atoms with van der Waals surface area (Å²) in [6.45, 7) is 1.72. The molecule has 0 amide bonds. The first kappa shape index (κ1) is 21.5. The number of nitrogens with zero attached hydrogens (tertiary/aromatic N) is 3. The number of hydrogen-bond acceptors (Lipinski definition) is 7. The lowest BCUT2D eigenvalue weighted by atomic mass is 10.1. The summed E-state index contributed by atoms with van der Waals surface area (Å²) in [6, 6.07) is 18.0. The van der Waals surface area contributed by atoms with Crippen LogP contribution in [-0.2, 0) is 11.2 Å². The third kappa shape index (κ3) is 3.87. The van der Waals surface area contributed by atoms with Gasteiger partial charge in [0.2, 0.25) is 0 Å². The molecule has 1 fully saturated rings. The Morgan fingerprint density at radius 3 is 2.42 bits per heavy atom. The fourth-order valence-corrected chi connectivity index (χ4v) is 4.28. The van der Waals surface area contributed by atoms with Crippen LogP contribution >= 0.6 is 0 Å². The molecule has 2 aromatic heterocycles. The molecular weight excluding hydrogens is 420 g/mol. The Morgan fingerprint density at radius 2 is 1.76 bits per heavy atom. The summed E-state index contributed by atoms with van der Waals surface area (Å²) in [5, 5.41) is 34.6. The van der Waals surface area contributed by atoms with Gasteiger partial charge < -0.3 is 29.9 Å². The zero-order chi connectivity index (χ0) is 22.9. The van der Waals surface area contributed by atoms with Gasteiger partial charge in [0, 0.05) is 17.4 Å². The minimum Gasteiger partial charge on any atom is -0.394 e. The highest BCUT2D eigenvalue weighted by molar-refractivity contribution is 6.02. The van der Waals surface area contributed by atoms with Crippen molar-refractivity contribution >= 4 is 22.5 Å². The van der Waals surface area contributed by atoms with Gasteiger partial charge in [-0.05, 0) is 29.7 Å². The fourth-order valence-electron chi connectivity index (χ4n) is 4.28. The molecule has 0 radical (unpaired) electrons. The Bertz CT molecular complexity index is 1240. The first-order chi connectivity index (χ1) is 16.1. The third-order valence-electron chi connectivity index (χ3n) is 6.11. The Hall–Kier alpha value is -3.30. The van der Waals surface area contributed by atoms with Crippen molar-refractivity contribution in [2.75, 3.05) is 11.9 Å². The maximum Gasteiger partial charge on any atom is 0.164 e. The van der Waals surface area contributed by atoms with Crippen LogP contribution in [0.5, 0.6) is 0 Å². The molecule has 170 valence electrons. The van der Waals surface area contributed by atoms with Crippen LogP contribution in [0.3, 0.4) is 0 Å². The van der Waals surface area contributed by atoms with E-state index >= 15 is 0 Å². The minimum atomic E-state index is -1.21. The number of aryl methyl sites for hydroxylation is 1. The average molecular weight is 447 g/mol. The monoisotopic (exact) mass is 446 g/mol. The Morgan fingerprint density at radius 1 is 1.00 bits per heavy atom. The normalized spacial score (nSPS) is 22.7. The molecular formula is C25H26N4O4. The van der Waals surface area contributed by atoms with E-state index in [0.717, 1.165) is 28.6 Å². The molecule has 2 aromatic carbocycles. The molecule has 0 aliphatic carbocycles. The largest absolute Gasteiger partial charge is 0.394 e. The molecule has 5 rings (SSSR count). The van der Waals surface area contributed by atoms with Gasteiger partial charge in [-0.15, -0.1) is 0 Å². The Balaban J connectivity index is 1.65. The summed E-state index contributed by atoms with van der Waals surface area (Å²) >= 11 is 0. The van der Waals surface area contributed by atoms with E-state index in [9.17, 15) is 15.3 Å². The van der Waals surface area contributed by atoms with E-state index < -0.39 is 31.1 Å². The molecule has 3 heterocycles. The summed E-state index contributed by atoms with van der Waals surface area (Å²) in [6.07, 6.45) is 0.0768. The minimum absolute atomic E-state index is 0.394. The van der Waals surface area contributed by atoms with Crippen LogP contribution in [0, 0.1) is 0 Å². The van der Waals surface area contributed by atoms with Crippen molar-refractivity contribution in [1.82, 2.24) is 14.5 Å². The van der Waals surface area contributed by atoms with Gasteiger partial charge in [-0.2, -0.15) is 0 Å². The molecule has 4 aromatic rings. The van der Waals surface area contributed by atoms with E-state index in [-0.39, 0.29) is 0 Å². The summed E-state index contributed by atoms with van der Waals surface area (Å²) in [5.74, 6) is 0.619. The summed E-state index contributed by atoms with van der Waals surface area (Å²) in [4.78, 5) is 9.00. The van der Waals surface area contributed by atoms with E-state index in [1.54, 1.807) is 4.57 Å². The van der Waals surface area contributed by atoms with Gasteiger partial charge in [-0.3, -0.25) is 0 Å². The van der Waals surface area contributed by atoms with Crippen LogP contribution in [0.15, 0.2) is 67.1 Å². The van der Waals surface area contributed by atoms with Gasteiger partial charge >= 0.3 is 0 Å². The van der Waals surface area contributed by atoms with E-state index in [1.165, 1.54) is 11.9 Å². The number of fused-ring (bicyclic) bond motifs is 1. The zero-order valence-electron chi connectivity index (χ0n) is 18.2. The van der Waals surface area contributed by atoms with E-state index in [4.69, 9.17) is 4.74 Å². The van der Waals surface area contributed by atoms with Gasteiger partial charge in [0.15, 0.2) is 6.23 Å². The highest BCUT2D eigenvalue weighted by Gasteiger charge is 2.44. The number of benzene rings is 2. The first-order valence-corrected chi connectivity index (χ1v) is 11.0. The second kappa shape index (κ2) is 8.92. The molecule has 1 aliphatic rings. The summed E-state index contributed by atoms with van der Waals surface area (Å²) in [7, 11) is 0. The molecule has 8 nitrogen and oxygen atoms in total. The SMILES string of the molecule is CCc1ccc(Nc2ncnc3c2c(-c2ccccc2)cn3[C@@H]2O[C@H](CO)[C@H](O)[C@@H]2O)cc1. The second-order valence-corrected chi connectivity index (χ2v) is 8.14. The molecule has 4 atom stereocenters. The summed E-state index contributed by atoms with van der Waals surface area (Å²) in [5.41, 5.74) is 4.50. The standard InChI is InChI=1S/C25H26N4O4/c1-2-15-8-10-17(11-9-15)28-23-20-18(16-6-4-3-5-7-16)12-29(24(20)27-14-26-23)25-22(32)21(31)19(13-30)33-25/h3-12,14,19,21-22,25,30-32H,2,13H2,1H3,(H,26,27,28)/t19-,21+,22+,25-/m1/s1. The predicted octanol–water partition coefficient (Wildman–Crippen LogP) is 3.02. The fraction of sp³-hybridized carbons (Fsp3) is 0.280. The Kier molecular flexibility index (Phi) is 5.82. The molecule has 1 saturated heterocycles. The van der Waals surface area contributed by atoms with Crippen LogP contribution < -0.4 is 5.32 Å². The number of aliphatic hydroxyl groups is 3. The molecule has 0 bridgehead atoms. The van der Waals surface area contributed by atoms with Gasteiger partial charge in [-0.25, -0.2) is 9.97 Å². The topological polar surface area (TPSA) is 113 Å². The van der Waals surface area contributed by atoms with Crippen LogP contribution in [0.25, 0.3) is 22.2 Å². The van der Waals surface area contributed by atoms with Crippen LogP contribution in [-0.4, -0.2) is 54.8 Å². The molecule has 4 N–H and O–H groups in total. The smallest absolute Gasteiger partial charge is 0.164 e.